The summed E-state index contributed by atoms with van der Waals surface area (Å²) in [7, 11) is 2.15. The van der Waals surface area contributed by atoms with Gasteiger partial charge in [-0.1, -0.05) is 0 Å². The molecule has 37 heavy (non-hydrogen) atoms. The fourth-order valence-corrected chi connectivity index (χ4v) is 4.66. The van der Waals surface area contributed by atoms with E-state index >= 15 is 4.39 Å². The maximum absolute atomic E-state index is 15.0. The highest BCUT2D eigenvalue weighted by Gasteiger charge is 2.26. The molecule has 2 aromatic heterocycles. The quantitative estimate of drug-likeness (QED) is 0.372. The largest absolute Gasteiger partial charge is 0.434 e. The molecule has 1 fully saturated rings. The smallest absolute Gasteiger partial charge is 0.242 e. The summed E-state index contributed by atoms with van der Waals surface area (Å²) in [4.78, 5) is 15.7. The summed E-state index contributed by atoms with van der Waals surface area (Å²) in [5.41, 5.74) is 2.45. The fraction of sp³-hybridized carbons (Fsp3) is 0.296. The van der Waals surface area contributed by atoms with E-state index in [2.05, 4.69) is 51.0 Å². The highest BCUT2D eigenvalue weighted by atomic mass is 19.1. The Balaban J connectivity index is 1.38. The van der Waals surface area contributed by atoms with Gasteiger partial charge in [-0.3, -0.25) is 4.90 Å². The van der Waals surface area contributed by atoms with Crippen LogP contribution in [-0.4, -0.2) is 52.1 Å². The second-order valence-electron chi connectivity index (χ2n) is 9.47. The Hall–Kier alpha value is -4.23. The van der Waals surface area contributed by atoms with Gasteiger partial charge < -0.3 is 19.9 Å². The molecule has 0 radical (unpaired) electrons. The van der Waals surface area contributed by atoms with Gasteiger partial charge in [-0.2, -0.15) is 5.26 Å². The molecule has 3 heterocycles. The average Bonchev–Trinajstić information content (AvgIpc) is 3.28. The number of aromatic amines is 1. The number of halogens is 2. The van der Waals surface area contributed by atoms with Gasteiger partial charge in [0.2, 0.25) is 5.88 Å². The number of piperazine rings is 1. The zero-order chi connectivity index (χ0) is 26.3. The van der Waals surface area contributed by atoms with Crippen molar-refractivity contribution in [2.24, 2.45) is 0 Å². The molecule has 0 aliphatic carbocycles. The molecule has 1 saturated heterocycles. The van der Waals surface area contributed by atoms with Crippen LogP contribution in [0.4, 0.5) is 26.0 Å². The SMILES string of the molecule is Cc1cc2c(F)c(Oc3ncnc(Nc4ccc(N5C[C@@H](C)N(C)[C@@H](C)C5)cc4)c3C#N)cc(F)c2[nH]1. The zero-order valence-corrected chi connectivity index (χ0v) is 21.0. The van der Waals surface area contributed by atoms with E-state index < -0.39 is 11.6 Å². The number of nitrogens with zero attached hydrogens (tertiary/aromatic N) is 5. The third kappa shape index (κ3) is 4.66. The molecule has 8 nitrogen and oxygen atoms in total. The van der Waals surface area contributed by atoms with E-state index in [1.165, 1.54) is 12.4 Å². The molecule has 10 heteroatoms. The normalized spacial score (nSPS) is 18.1. The third-order valence-electron chi connectivity index (χ3n) is 6.89. The maximum atomic E-state index is 15.0. The number of benzene rings is 2. The Morgan fingerprint density at radius 1 is 1.11 bits per heavy atom. The van der Waals surface area contributed by atoms with Gasteiger partial charge in [0.05, 0.1) is 5.52 Å². The van der Waals surface area contributed by atoms with Crippen LogP contribution in [-0.2, 0) is 0 Å². The number of nitriles is 1. The summed E-state index contributed by atoms with van der Waals surface area (Å²) < 4.78 is 35.1. The molecule has 2 N–H and O–H groups in total. The standard InChI is InChI=1S/C27H27F2N7O/c1-15-9-20-24(29)23(10-22(28)25(20)33-15)37-27-21(11-30)26(31-14-32-27)34-18-5-7-19(8-6-18)36-12-16(2)35(4)17(3)13-36/h5-10,14,16-17,33H,12-13H2,1-4H3,(H,31,32,34)/t16-,17+. The minimum atomic E-state index is -0.749. The van der Waals surface area contributed by atoms with E-state index in [0.717, 1.165) is 24.8 Å². The third-order valence-corrected chi connectivity index (χ3v) is 6.89. The van der Waals surface area contributed by atoms with Crippen molar-refractivity contribution in [1.29, 1.82) is 5.26 Å². The van der Waals surface area contributed by atoms with E-state index in [0.29, 0.717) is 23.5 Å². The maximum Gasteiger partial charge on any atom is 0.242 e. The van der Waals surface area contributed by atoms with E-state index in [1.807, 2.05) is 30.3 Å². The molecule has 1 aliphatic rings. The zero-order valence-electron chi connectivity index (χ0n) is 21.0. The summed E-state index contributed by atoms with van der Waals surface area (Å²) in [6.45, 7) is 8.01. The summed E-state index contributed by atoms with van der Waals surface area (Å²) in [6.07, 6.45) is 1.20. The molecule has 2 aromatic carbocycles. The van der Waals surface area contributed by atoms with Crippen LogP contribution in [0.2, 0.25) is 0 Å². The van der Waals surface area contributed by atoms with Crippen molar-refractivity contribution in [3.8, 4) is 17.7 Å². The number of likely N-dealkylation sites (N-methyl/N-ethyl adjacent to an activating group) is 1. The number of anilines is 3. The predicted octanol–water partition coefficient (Wildman–Crippen LogP) is 5.48. The Kier molecular flexibility index (Phi) is 6.39. The lowest BCUT2D eigenvalue weighted by Gasteiger charge is -2.43. The molecule has 0 unspecified atom stereocenters. The highest BCUT2D eigenvalue weighted by Crippen LogP contribution is 2.34. The number of rotatable bonds is 5. The minimum absolute atomic E-state index is 0.0292. The first-order valence-electron chi connectivity index (χ1n) is 12.0. The second kappa shape index (κ2) is 9.67. The number of aromatic nitrogens is 3. The molecule has 0 saturated carbocycles. The lowest BCUT2D eigenvalue weighted by molar-refractivity contribution is 0.170. The van der Waals surface area contributed by atoms with E-state index in [4.69, 9.17) is 4.74 Å². The number of hydrogen-bond acceptors (Lipinski definition) is 7. The Morgan fingerprint density at radius 3 is 2.49 bits per heavy atom. The van der Waals surface area contributed by atoms with Crippen LogP contribution < -0.4 is 15.0 Å². The van der Waals surface area contributed by atoms with Gasteiger partial charge in [-0.25, -0.2) is 18.7 Å². The van der Waals surface area contributed by atoms with Crippen molar-refractivity contribution < 1.29 is 13.5 Å². The first-order valence-corrected chi connectivity index (χ1v) is 12.0. The molecule has 4 aromatic rings. The molecule has 0 bridgehead atoms. The van der Waals surface area contributed by atoms with Crippen LogP contribution in [0, 0.1) is 29.9 Å². The topological polar surface area (TPSA) is 93.1 Å². The van der Waals surface area contributed by atoms with Gasteiger partial charge in [-0.15, -0.1) is 0 Å². The molecular weight excluding hydrogens is 476 g/mol. The van der Waals surface area contributed by atoms with E-state index in [-0.39, 0.29) is 33.9 Å². The molecule has 5 rings (SSSR count). The number of ether oxygens (including phenoxy) is 1. The molecule has 2 atom stereocenters. The first-order chi connectivity index (χ1) is 17.7. The minimum Gasteiger partial charge on any atom is -0.434 e. The van der Waals surface area contributed by atoms with Crippen molar-refractivity contribution in [1.82, 2.24) is 19.9 Å². The van der Waals surface area contributed by atoms with Gasteiger partial charge in [0.15, 0.2) is 28.8 Å². The molecule has 0 spiro atoms. The van der Waals surface area contributed by atoms with Crippen molar-refractivity contribution in [2.75, 3.05) is 30.4 Å². The highest BCUT2D eigenvalue weighted by molar-refractivity contribution is 5.83. The Bertz CT molecular complexity index is 1480. The summed E-state index contributed by atoms with van der Waals surface area (Å²) in [5.74, 6) is -1.77. The Morgan fingerprint density at radius 2 is 1.81 bits per heavy atom. The van der Waals surface area contributed by atoms with Gasteiger partial charge in [0, 0.05) is 53.7 Å². The van der Waals surface area contributed by atoms with Crippen LogP contribution in [0.5, 0.6) is 11.6 Å². The van der Waals surface area contributed by atoms with Gasteiger partial charge in [0.25, 0.3) is 0 Å². The Labute approximate surface area is 213 Å². The van der Waals surface area contributed by atoms with Gasteiger partial charge >= 0.3 is 0 Å². The number of hydrogen-bond donors (Lipinski definition) is 2. The lowest BCUT2D eigenvalue weighted by atomic mass is 10.1. The lowest BCUT2D eigenvalue weighted by Crippen LogP contribution is -2.55. The van der Waals surface area contributed by atoms with E-state index in [1.54, 1.807) is 6.92 Å². The summed E-state index contributed by atoms with van der Waals surface area (Å²) >= 11 is 0. The van der Waals surface area contributed by atoms with E-state index in [9.17, 15) is 9.65 Å². The van der Waals surface area contributed by atoms with Crippen molar-refractivity contribution >= 4 is 28.1 Å². The van der Waals surface area contributed by atoms with Crippen molar-refractivity contribution in [2.45, 2.75) is 32.9 Å². The molecule has 1 aliphatic heterocycles. The monoisotopic (exact) mass is 503 g/mol. The first kappa shape index (κ1) is 24.5. The van der Waals surface area contributed by atoms with Crippen molar-refractivity contribution in [3.05, 3.63) is 65.6 Å². The van der Waals surface area contributed by atoms with Crippen LogP contribution in [0.1, 0.15) is 25.1 Å². The summed E-state index contributed by atoms with van der Waals surface area (Å²) in [5, 5.41) is 13.0. The van der Waals surface area contributed by atoms with Crippen LogP contribution in [0.15, 0.2) is 42.7 Å². The van der Waals surface area contributed by atoms with Crippen molar-refractivity contribution in [3.63, 3.8) is 0 Å². The fourth-order valence-electron chi connectivity index (χ4n) is 4.66. The summed E-state index contributed by atoms with van der Waals surface area (Å²) in [6, 6.07) is 13.2. The predicted molar refractivity (Wildman–Crippen MR) is 138 cm³/mol. The molecular formula is C27H27F2N7O. The average molecular weight is 504 g/mol. The van der Waals surface area contributed by atoms with Gasteiger partial charge in [-0.05, 0) is 58.2 Å². The number of fused-ring (bicyclic) bond motifs is 1. The van der Waals surface area contributed by atoms with Crippen LogP contribution in [0.25, 0.3) is 10.9 Å². The number of aryl methyl sites for hydroxylation is 1. The molecule has 190 valence electrons. The van der Waals surface area contributed by atoms with Gasteiger partial charge in [0.1, 0.15) is 12.4 Å². The van der Waals surface area contributed by atoms with Crippen LogP contribution in [0.3, 0.4) is 0 Å². The van der Waals surface area contributed by atoms with Crippen LogP contribution >= 0.6 is 0 Å². The number of H-pyrrole nitrogens is 1. The second-order valence-corrected chi connectivity index (χ2v) is 9.47. The number of nitrogens with one attached hydrogen (secondary N) is 2. The molecule has 0 amide bonds.